The molecule has 0 radical (unpaired) electrons. The lowest BCUT2D eigenvalue weighted by molar-refractivity contribution is 0.0695. The predicted molar refractivity (Wildman–Crippen MR) is 86.6 cm³/mol. The Balaban J connectivity index is 2.83. The van der Waals surface area contributed by atoms with Gasteiger partial charge in [-0.3, -0.25) is 4.79 Å². The first kappa shape index (κ1) is 18.0. The highest BCUT2D eigenvalue weighted by Gasteiger charge is 2.27. The smallest absolute Gasteiger partial charge is 0.342 e. The largest absolute Gasteiger partial charge is 0.491 e. The number of aromatic amines is 1. The summed E-state index contributed by atoms with van der Waals surface area (Å²) >= 11 is 0. The Bertz CT molecular complexity index is 906. The maximum atomic E-state index is 13.8. The van der Waals surface area contributed by atoms with Crippen molar-refractivity contribution in [3.8, 4) is 16.9 Å². The number of nitrogen functional groups attached to an aromatic ring is 1. The number of rotatable bonds is 6. The number of aromatic nitrogens is 1. The number of nitrogens with one attached hydrogen (secondary N) is 1. The molecule has 0 fully saturated rings. The van der Waals surface area contributed by atoms with Gasteiger partial charge in [-0.15, -0.1) is 0 Å². The molecule has 0 aliphatic carbocycles. The van der Waals surface area contributed by atoms with Crippen LogP contribution in [0.5, 0.6) is 5.75 Å². The molecule has 0 spiro atoms. The summed E-state index contributed by atoms with van der Waals surface area (Å²) in [5.74, 6) is -4.57. The molecule has 132 valence electrons. The molecule has 1 aromatic heterocycles. The van der Waals surface area contributed by atoms with Crippen LogP contribution in [0.15, 0.2) is 23.0 Å². The molecule has 9 heteroatoms. The molecule has 0 unspecified atom stereocenters. The number of hydrogen-bond acceptors (Lipinski definition) is 5. The second-order valence-electron chi connectivity index (χ2n) is 5.10. The number of ether oxygens (including phenoxy) is 1. The number of halogens is 1. The lowest BCUT2D eigenvalue weighted by Crippen LogP contribution is -2.24. The maximum Gasteiger partial charge on any atom is 0.342 e. The minimum absolute atomic E-state index is 0.0138. The number of nitrogens with two attached hydrogens (primary N) is 1. The van der Waals surface area contributed by atoms with Crippen LogP contribution in [0.4, 0.5) is 10.2 Å². The Morgan fingerprint density at radius 1 is 1.24 bits per heavy atom. The van der Waals surface area contributed by atoms with Crippen molar-refractivity contribution in [2.24, 2.45) is 0 Å². The van der Waals surface area contributed by atoms with Crippen molar-refractivity contribution in [3.05, 3.63) is 45.5 Å². The van der Waals surface area contributed by atoms with Gasteiger partial charge >= 0.3 is 11.9 Å². The van der Waals surface area contributed by atoms with E-state index in [0.29, 0.717) is 6.42 Å². The zero-order valence-corrected chi connectivity index (χ0v) is 13.1. The van der Waals surface area contributed by atoms with Crippen molar-refractivity contribution in [2.45, 2.75) is 13.3 Å². The summed E-state index contributed by atoms with van der Waals surface area (Å²) in [4.78, 5) is 36.9. The fourth-order valence-electron chi connectivity index (χ4n) is 2.32. The van der Waals surface area contributed by atoms with E-state index in [1.165, 1.54) is 0 Å². The Morgan fingerprint density at radius 3 is 2.44 bits per heavy atom. The lowest BCUT2D eigenvalue weighted by Gasteiger charge is -2.14. The van der Waals surface area contributed by atoms with Crippen molar-refractivity contribution in [1.29, 1.82) is 0 Å². The molecular weight excluding hydrogens is 335 g/mol. The van der Waals surface area contributed by atoms with Gasteiger partial charge in [0.2, 0.25) is 0 Å². The van der Waals surface area contributed by atoms with Gasteiger partial charge in [0, 0.05) is 5.56 Å². The topological polar surface area (TPSA) is 143 Å². The second kappa shape index (κ2) is 7.04. The number of benzene rings is 1. The van der Waals surface area contributed by atoms with Gasteiger partial charge in [0.05, 0.1) is 6.61 Å². The van der Waals surface area contributed by atoms with E-state index in [0.717, 1.165) is 18.2 Å². The summed E-state index contributed by atoms with van der Waals surface area (Å²) in [5.41, 5.74) is 2.65. The molecule has 1 heterocycles. The van der Waals surface area contributed by atoms with Crippen LogP contribution < -0.4 is 16.0 Å². The quantitative estimate of drug-likeness (QED) is 0.623. The number of hydrogen-bond donors (Lipinski definition) is 4. The SMILES string of the molecule is CCCOc1cc(-c2c(C(=O)O)c(N)[nH]c(=O)c2C(=O)O)ccc1F. The van der Waals surface area contributed by atoms with E-state index in [2.05, 4.69) is 0 Å². The summed E-state index contributed by atoms with van der Waals surface area (Å²) in [6, 6.07) is 3.29. The molecule has 0 saturated carbocycles. The van der Waals surface area contributed by atoms with E-state index in [9.17, 15) is 29.0 Å². The van der Waals surface area contributed by atoms with E-state index in [-0.39, 0.29) is 17.9 Å². The van der Waals surface area contributed by atoms with Crippen LogP contribution >= 0.6 is 0 Å². The zero-order valence-electron chi connectivity index (χ0n) is 13.1. The first-order chi connectivity index (χ1) is 11.8. The molecule has 0 amide bonds. The predicted octanol–water partition coefficient (Wildman–Crippen LogP) is 1.95. The molecule has 5 N–H and O–H groups in total. The number of H-pyrrole nitrogens is 1. The van der Waals surface area contributed by atoms with Gasteiger partial charge < -0.3 is 25.7 Å². The molecular formula is C16H15FN2O6. The normalized spacial score (nSPS) is 10.5. The highest BCUT2D eigenvalue weighted by Crippen LogP contribution is 2.32. The van der Waals surface area contributed by atoms with Gasteiger partial charge in [0.25, 0.3) is 5.56 Å². The molecule has 0 bridgehead atoms. The van der Waals surface area contributed by atoms with Gasteiger partial charge in [-0.2, -0.15) is 0 Å². The van der Waals surface area contributed by atoms with Gasteiger partial charge in [-0.05, 0) is 24.1 Å². The minimum Gasteiger partial charge on any atom is -0.491 e. The molecule has 2 aromatic rings. The molecule has 0 aliphatic rings. The van der Waals surface area contributed by atoms with Crippen LogP contribution in [-0.4, -0.2) is 33.7 Å². The van der Waals surface area contributed by atoms with E-state index >= 15 is 0 Å². The van der Waals surface area contributed by atoms with Gasteiger partial charge in [-0.25, -0.2) is 14.0 Å². The van der Waals surface area contributed by atoms with E-state index < -0.39 is 45.8 Å². The highest BCUT2D eigenvalue weighted by atomic mass is 19.1. The summed E-state index contributed by atoms with van der Waals surface area (Å²) in [6.07, 6.45) is 0.600. The lowest BCUT2D eigenvalue weighted by atomic mass is 9.95. The standard InChI is InChI=1S/C16H15FN2O6/c1-2-5-25-9-6-7(3-4-8(9)17)10-11(15(21)22)13(18)19-14(20)12(10)16(23)24/h3-4,6H,2,5H2,1H3,(H,21,22)(H,23,24)(H3,18,19,20). The molecule has 1 aromatic carbocycles. The summed E-state index contributed by atoms with van der Waals surface area (Å²) in [6.45, 7) is 2.01. The van der Waals surface area contributed by atoms with E-state index in [1.807, 2.05) is 11.9 Å². The van der Waals surface area contributed by atoms with Crippen molar-refractivity contribution >= 4 is 17.8 Å². The molecule has 0 atom stereocenters. The molecule has 0 aliphatic heterocycles. The highest BCUT2D eigenvalue weighted by molar-refractivity contribution is 6.07. The van der Waals surface area contributed by atoms with Crippen LogP contribution in [0.1, 0.15) is 34.1 Å². The molecule has 2 rings (SSSR count). The Kier molecular flexibility index (Phi) is 5.06. The van der Waals surface area contributed by atoms with Gasteiger partial charge in [-0.1, -0.05) is 13.0 Å². The molecule has 25 heavy (non-hydrogen) atoms. The number of carboxylic acid groups (broad SMARTS) is 2. The summed E-state index contributed by atoms with van der Waals surface area (Å²) < 4.78 is 19.1. The van der Waals surface area contributed by atoms with Gasteiger partial charge in [0.1, 0.15) is 16.9 Å². The van der Waals surface area contributed by atoms with Crippen LogP contribution in [-0.2, 0) is 0 Å². The number of carboxylic acids is 2. The number of anilines is 1. The zero-order chi connectivity index (χ0) is 18.7. The van der Waals surface area contributed by atoms with E-state index in [1.54, 1.807) is 0 Å². The Morgan fingerprint density at radius 2 is 1.88 bits per heavy atom. The number of aromatic carboxylic acids is 2. The monoisotopic (exact) mass is 350 g/mol. The van der Waals surface area contributed by atoms with Crippen LogP contribution in [0.2, 0.25) is 0 Å². The third kappa shape index (κ3) is 3.44. The van der Waals surface area contributed by atoms with Crippen LogP contribution in [0.3, 0.4) is 0 Å². The average Bonchev–Trinajstić information content (AvgIpc) is 2.52. The van der Waals surface area contributed by atoms with Crippen molar-refractivity contribution in [2.75, 3.05) is 12.3 Å². The minimum atomic E-state index is -1.64. The number of carbonyl (C=O) groups is 2. The number of pyridine rings is 1. The Labute approximate surface area is 140 Å². The first-order valence-corrected chi connectivity index (χ1v) is 7.23. The van der Waals surface area contributed by atoms with Crippen molar-refractivity contribution in [1.82, 2.24) is 4.98 Å². The molecule has 8 nitrogen and oxygen atoms in total. The van der Waals surface area contributed by atoms with Gasteiger partial charge in [0.15, 0.2) is 11.6 Å². The maximum absolute atomic E-state index is 13.8. The van der Waals surface area contributed by atoms with Crippen LogP contribution in [0.25, 0.3) is 11.1 Å². The van der Waals surface area contributed by atoms with E-state index in [4.69, 9.17) is 10.5 Å². The van der Waals surface area contributed by atoms with Crippen LogP contribution in [0, 0.1) is 5.82 Å². The third-order valence-electron chi connectivity index (χ3n) is 3.35. The fourth-order valence-corrected chi connectivity index (χ4v) is 2.32. The Hall–Kier alpha value is -3.36. The third-order valence-corrected chi connectivity index (χ3v) is 3.35. The first-order valence-electron chi connectivity index (χ1n) is 7.23. The summed E-state index contributed by atoms with van der Waals surface area (Å²) in [5, 5.41) is 18.7. The molecule has 0 saturated heterocycles. The van der Waals surface area contributed by atoms with Crippen molar-refractivity contribution in [3.63, 3.8) is 0 Å². The summed E-state index contributed by atoms with van der Waals surface area (Å²) in [7, 11) is 0. The average molecular weight is 350 g/mol. The van der Waals surface area contributed by atoms with Crippen molar-refractivity contribution < 1.29 is 28.9 Å². The second-order valence-corrected chi connectivity index (χ2v) is 5.10. The fraction of sp³-hybridized carbons (Fsp3) is 0.188.